The number of halogens is 5. The molecule has 0 amide bonds. The topological polar surface area (TPSA) is 0 Å². The molecule has 0 heterocycles. The number of allylic oxidation sites excluding steroid dienone is 2. The minimum Gasteiger partial charge on any atom is -0.214 e. The molecule has 0 saturated carbocycles. The average molecular weight is 280 g/mol. The number of rotatable bonds is 5. The van der Waals surface area contributed by atoms with Crippen LogP contribution in [-0.4, -0.2) is 9.96 Å². The van der Waals surface area contributed by atoms with Crippen LogP contribution in [-0.2, 0) is 0 Å². The Kier molecular flexibility index (Phi) is 5.37. The van der Waals surface area contributed by atoms with Crippen molar-refractivity contribution in [1.29, 1.82) is 0 Å². The van der Waals surface area contributed by atoms with Crippen LogP contribution in [0.15, 0.2) is 12.2 Å². The first-order chi connectivity index (χ1) is 5.81. The first-order valence-corrected chi connectivity index (χ1v) is 5.10. The molecule has 0 aliphatic carbocycles. The van der Waals surface area contributed by atoms with E-state index in [0.29, 0.717) is 12.5 Å². The van der Waals surface area contributed by atoms with Gasteiger partial charge in [0.2, 0.25) is 0 Å². The van der Waals surface area contributed by atoms with Gasteiger partial charge in [0, 0.05) is 0 Å². The lowest BCUT2D eigenvalue weighted by atomic mass is 10.2. The molecular weight excluding hydrogens is 268 g/mol. The summed E-state index contributed by atoms with van der Waals surface area (Å²) in [5.41, 5.74) is 0. The predicted molar refractivity (Wildman–Crippen MR) is 52.2 cm³/mol. The maximum Gasteiger partial charge on any atom is 0.352 e. The minimum atomic E-state index is -3.73. The molecule has 0 N–H and O–H groups in total. The van der Waals surface area contributed by atoms with Crippen molar-refractivity contribution in [2.24, 2.45) is 0 Å². The van der Waals surface area contributed by atoms with E-state index in [0.717, 1.165) is 12.8 Å². The largest absolute Gasteiger partial charge is 0.352 e. The first kappa shape index (κ1) is 13.3. The molecule has 0 aromatic heterocycles. The monoisotopic (exact) mass is 278 g/mol. The van der Waals surface area contributed by atoms with Gasteiger partial charge < -0.3 is 0 Å². The van der Waals surface area contributed by atoms with Gasteiger partial charge in [-0.1, -0.05) is 37.4 Å². The van der Waals surface area contributed by atoms with Crippen LogP contribution in [0.4, 0.5) is 13.2 Å². The van der Waals surface area contributed by atoms with E-state index >= 15 is 0 Å². The van der Waals surface area contributed by atoms with Gasteiger partial charge in [0.15, 0.2) is 0 Å². The fourth-order valence-corrected chi connectivity index (χ4v) is 0.869. The molecule has 0 bridgehead atoms. The lowest BCUT2D eigenvalue weighted by molar-refractivity contribution is 0.0217. The SMILES string of the molecule is CCCC/C=C/[C@@](F)(Cl)C(F)(F)Br. The summed E-state index contributed by atoms with van der Waals surface area (Å²) >= 11 is 6.82. The minimum absolute atomic E-state index is 0.554. The quantitative estimate of drug-likeness (QED) is 0.391. The third-order valence-corrected chi connectivity index (χ3v) is 2.60. The Labute approximate surface area is 89.3 Å². The van der Waals surface area contributed by atoms with Crippen LogP contribution in [0.1, 0.15) is 26.2 Å². The molecule has 0 fully saturated rings. The van der Waals surface area contributed by atoms with E-state index in [2.05, 4.69) is 0 Å². The number of hydrogen-bond donors (Lipinski definition) is 0. The molecule has 5 heteroatoms. The fraction of sp³-hybridized carbons (Fsp3) is 0.750. The highest BCUT2D eigenvalue weighted by molar-refractivity contribution is 9.10. The molecule has 0 nitrogen and oxygen atoms in total. The second-order valence-electron chi connectivity index (χ2n) is 2.67. The van der Waals surface area contributed by atoms with Crippen LogP contribution in [0, 0.1) is 0 Å². The van der Waals surface area contributed by atoms with Gasteiger partial charge in [-0.25, -0.2) is 4.39 Å². The second-order valence-corrected chi connectivity index (χ2v) is 4.21. The molecule has 13 heavy (non-hydrogen) atoms. The van der Waals surface area contributed by atoms with Crippen molar-refractivity contribution < 1.29 is 13.2 Å². The van der Waals surface area contributed by atoms with Gasteiger partial charge in [-0.05, 0) is 28.4 Å². The molecule has 0 rings (SSSR count). The van der Waals surface area contributed by atoms with Gasteiger partial charge in [-0.15, -0.1) is 0 Å². The highest BCUT2D eigenvalue weighted by atomic mass is 79.9. The summed E-state index contributed by atoms with van der Waals surface area (Å²) in [5.74, 6) is 0. The van der Waals surface area contributed by atoms with Crippen LogP contribution < -0.4 is 0 Å². The van der Waals surface area contributed by atoms with Gasteiger partial charge in [0.25, 0.3) is 5.13 Å². The molecule has 0 aliphatic heterocycles. The molecule has 0 aromatic carbocycles. The Morgan fingerprint density at radius 2 is 1.92 bits per heavy atom. The van der Waals surface area contributed by atoms with E-state index in [1.54, 1.807) is 0 Å². The van der Waals surface area contributed by atoms with Crippen LogP contribution in [0.3, 0.4) is 0 Å². The Balaban J connectivity index is 4.09. The van der Waals surface area contributed by atoms with E-state index in [4.69, 9.17) is 11.6 Å². The Hall–Kier alpha value is 0.300. The second kappa shape index (κ2) is 5.25. The molecule has 0 spiro atoms. The summed E-state index contributed by atoms with van der Waals surface area (Å²) in [5, 5.41) is -3.14. The lowest BCUT2D eigenvalue weighted by Gasteiger charge is -2.18. The highest BCUT2D eigenvalue weighted by Gasteiger charge is 2.49. The summed E-state index contributed by atoms with van der Waals surface area (Å²) in [6.45, 7) is 1.95. The Bertz CT molecular complexity index is 175. The Morgan fingerprint density at radius 3 is 2.31 bits per heavy atom. The first-order valence-electron chi connectivity index (χ1n) is 3.93. The molecule has 0 aromatic rings. The molecule has 0 saturated heterocycles. The standard InChI is InChI=1S/C8H11BrClF3/c1-2-3-4-5-6-7(10,11)8(9,12)13/h5-6H,2-4H2,1H3/b6-5+/t7-/m0/s1. The maximum absolute atomic E-state index is 12.9. The van der Waals surface area contributed by atoms with E-state index in [1.165, 1.54) is 6.08 Å². The smallest absolute Gasteiger partial charge is 0.214 e. The average Bonchev–Trinajstić information content (AvgIpc) is 1.96. The molecule has 0 aliphatic rings. The highest BCUT2D eigenvalue weighted by Crippen LogP contribution is 2.42. The maximum atomic E-state index is 12.9. The van der Waals surface area contributed by atoms with Crippen LogP contribution in [0.25, 0.3) is 0 Å². The van der Waals surface area contributed by atoms with Crippen molar-refractivity contribution in [3.05, 3.63) is 12.2 Å². The summed E-state index contributed by atoms with van der Waals surface area (Å²) in [6, 6.07) is 0. The van der Waals surface area contributed by atoms with Crippen molar-refractivity contribution >= 4 is 27.5 Å². The molecule has 1 atom stereocenters. The van der Waals surface area contributed by atoms with E-state index in [-0.39, 0.29) is 0 Å². The molecular formula is C8H11BrClF3. The van der Waals surface area contributed by atoms with Crippen molar-refractivity contribution in [3.8, 4) is 0 Å². The van der Waals surface area contributed by atoms with E-state index < -0.39 is 9.96 Å². The van der Waals surface area contributed by atoms with E-state index in [1.807, 2.05) is 22.9 Å². The predicted octanol–water partition coefficient (Wildman–Crippen LogP) is 4.63. The molecule has 0 radical (unpaired) electrons. The van der Waals surface area contributed by atoms with Crippen molar-refractivity contribution in [3.63, 3.8) is 0 Å². The van der Waals surface area contributed by atoms with Crippen molar-refractivity contribution in [2.45, 2.75) is 36.1 Å². The summed E-state index contributed by atoms with van der Waals surface area (Å²) in [6.07, 6.45) is 4.32. The van der Waals surface area contributed by atoms with Gasteiger partial charge in [0.1, 0.15) is 0 Å². The molecule has 78 valence electrons. The zero-order valence-electron chi connectivity index (χ0n) is 7.17. The zero-order valence-corrected chi connectivity index (χ0v) is 9.51. The van der Waals surface area contributed by atoms with Gasteiger partial charge in [-0.2, -0.15) is 8.78 Å². The van der Waals surface area contributed by atoms with Crippen LogP contribution in [0.5, 0.6) is 0 Å². The van der Waals surface area contributed by atoms with Crippen molar-refractivity contribution in [1.82, 2.24) is 0 Å². The van der Waals surface area contributed by atoms with Crippen LogP contribution in [0.2, 0.25) is 0 Å². The summed E-state index contributed by atoms with van der Waals surface area (Å²) in [4.78, 5) is -3.73. The fourth-order valence-electron chi connectivity index (χ4n) is 0.648. The summed E-state index contributed by atoms with van der Waals surface area (Å²) in [7, 11) is 0. The van der Waals surface area contributed by atoms with Gasteiger partial charge in [-0.3, -0.25) is 0 Å². The molecule has 0 unspecified atom stereocenters. The zero-order chi connectivity index (χ0) is 10.5. The Morgan fingerprint density at radius 1 is 1.38 bits per heavy atom. The van der Waals surface area contributed by atoms with Crippen LogP contribution >= 0.6 is 27.5 Å². The number of hydrogen-bond acceptors (Lipinski definition) is 0. The number of alkyl halides is 5. The van der Waals surface area contributed by atoms with Gasteiger partial charge >= 0.3 is 4.83 Å². The van der Waals surface area contributed by atoms with E-state index in [9.17, 15) is 13.2 Å². The lowest BCUT2D eigenvalue weighted by Crippen LogP contribution is -2.31. The van der Waals surface area contributed by atoms with Crippen molar-refractivity contribution in [2.75, 3.05) is 0 Å². The number of unbranched alkanes of at least 4 members (excludes halogenated alkanes) is 2. The third kappa shape index (κ3) is 4.91. The van der Waals surface area contributed by atoms with Gasteiger partial charge in [0.05, 0.1) is 0 Å². The summed E-state index contributed by atoms with van der Waals surface area (Å²) < 4.78 is 37.6. The normalized spacial score (nSPS) is 17.7. The third-order valence-electron chi connectivity index (χ3n) is 1.43.